The number of nitrogens with zero attached hydrogens (tertiary/aromatic N) is 1. The number of hydrogen-bond donors (Lipinski definition) is 1. The van der Waals surface area contributed by atoms with Crippen molar-refractivity contribution in [1.29, 1.82) is 0 Å². The third-order valence-electron chi connectivity index (χ3n) is 6.44. The molecule has 0 saturated heterocycles. The SMILES string of the molecule is Cc1ccc2nc(C(Cc3ccccc3O)[Si](C)(C)C(C)(C)C)ccc2c1. The molecule has 0 fully saturated rings. The highest BCUT2D eigenvalue weighted by atomic mass is 28.3. The summed E-state index contributed by atoms with van der Waals surface area (Å²) in [6.07, 6.45) is 0.827. The van der Waals surface area contributed by atoms with Gasteiger partial charge in [0.25, 0.3) is 0 Å². The minimum atomic E-state index is -1.75. The molecule has 1 aromatic heterocycles. The van der Waals surface area contributed by atoms with Crippen LogP contribution in [0.2, 0.25) is 18.1 Å². The van der Waals surface area contributed by atoms with Gasteiger partial charge in [-0.25, -0.2) is 0 Å². The fraction of sp³-hybridized carbons (Fsp3) is 0.375. The molecule has 0 saturated carbocycles. The van der Waals surface area contributed by atoms with E-state index < -0.39 is 8.07 Å². The van der Waals surface area contributed by atoms with Gasteiger partial charge in [0.15, 0.2) is 0 Å². The molecule has 0 aliphatic carbocycles. The van der Waals surface area contributed by atoms with Crippen LogP contribution in [0.4, 0.5) is 0 Å². The molecular formula is C24H31NOSi. The normalized spacial score (nSPS) is 13.7. The van der Waals surface area contributed by atoms with Crippen molar-refractivity contribution in [2.24, 2.45) is 0 Å². The largest absolute Gasteiger partial charge is 0.508 e. The molecule has 0 bridgehead atoms. The lowest BCUT2D eigenvalue weighted by Crippen LogP contribution is -2.45. The van der Waals surface area contributed by atoms with Crippen LogP contribution in [0.25, 0.3) is 10.9 Å². The van der Waals surface area contributed by atoms with Crippen molar-refractivity contribution in [1.82, 2.24) is 4.98 Å². The highest BCUT2D eigenvalue weighted by Crippen LogP contribution is 2.46. The molecule has 3 aromatic rings. The number of pyridine rings is 1. The predicted octanol–water partition coefficient (Wildman–Crippen LogP) is 6.62. The van der Waals surface area contributed by atoms with Gasteiger partial charge in [-0.15, -0.1) is 0 Å². The molecule has 0 aliphatic heterocycles. The number of para-hydroxylation sites is 1. The van der Waals surface area contributed by atoms with Crippen molar-refractivity contribution in [2.75, 3.05) is 0 Å². The molecule has 2 nitrogen and oxygen atoms in total. The van der Waals surface area contributed by atoms with Crippen LogP contribution in [0.1, 0.15) is 43.1 Å². The van der Waals surface area contributed by atoms with E-state index in [-0.39, 0.29) is 5.04 Å². The summed E-state index contributed by atoms with van der Waals surface area (Å²) in [5.41, 5.74) is 4.81. The molecule has 0 aliphatic rings. The van der Waals surface area contributed by atoms with Gasteiger partial charge in [-0.1, -0.05) is 69.8 Å². The molecule has 0 amide bonds. The number of phenolic OH excluding ortho intramolecular Hbond substituents is 1. The standard InChI is InChI=1S/C24H31NOSi/c1-17-11-13-20-18(15-17)12-14-21(25-20)23(27(5,6)24(2,3)4)16-19-9-7-8-10-22(19)26/h7-15,23,26H,16H2,1-6H3. The molecule has 27 heavy (non-hydrogen) atoms. The predicted molar refractivity (Wildman–Crippen MR) is 118 cm³/mol. The Hall–Kier alpha value is -2.13. The van der Waals surface area contributed by atoms with Gasteiger partial charge in [0.2, 0.25) is 0 Å². The number of fused-ring (bicyclic) bond motifs is 1. The van der Waals surface area contributed by atoms with Crippen LogP contribution in [0, 0.1) is 6.92 Å². The summed E-state index contributed by atoms with van der Waals surface area (Å²) in [5.74, 6) is 0.387. The maximum atomic E-state index is 10.4. The van der Waals surface area contributed by atoms with Gasteiger partial charge in [-0.05, 0) is 48.2 Å². The van der Waals surface area contributed by atoms with E-state index in [1.54, 1.807) is 6.07 Å². The minimum Gasteiger partial charge on any atom is -0.508 e. The summed E-state index contributed by atoms with van der Waals surface area (Å²) in [5, 5.41) is 11.8. The van der Waals surface area contributed by atoms with Crippen LogP contribution >= 0.6 is 0 Å². The Morgan fingerprint density at radius 2 is 1.70 bits per heavy atom. The highest BCUT2D eigenvalue weighted by Gasteiger charge is 2.43. The van der Waals surface area contributed by atoms with E-state index in [1.165, 1.54) is 10.9 Å². The van der Waals surface area contributed by atoms with E-state index >= 15 is 0 Å². The molecule has 0 radical (unpaired) electrons. The summed E-state index contributed by atoms with van der Waals surface area (Å²) < 4.78 is 0. The second kappa shape index (κ2) is 7.12. The van der Waals surface area contributed by atoms with Gasteiger partial charge >= 0.3 is 0 Å². The van der Waals surface area contributed by atoms with Gasteiger partial charge in [0.05, 0.1) is 13.6 Å². The summed E-state index contributed by atoms with van der Waals surface area (Å²) in [7, 11) is -1.75. The van der Waals surface area contributed by atoms with Crippen molar-refractivity contribution >= 4 is 19.0 Å². The Bertz CT molecular complexity index is 956. The highest BCUT2D eigenvalue weighted by molar-refractivity contribution is 6.81. The van der Waals surface area contributed by atoms with Crippen LogP contribution in [0.3, 0.4) is 0 Å². The first-order valence-corrected chi connectivity index (χ1v) is 12.8. The lowest BCUT2D eigenvalue weighted by molar-refractivity contribution is 0.467. The van der Waals surface area contributed by atoms with Crippen molar-refractivity contribution in [2.45, 2.75) is 57.8 Å². The average molecular weight is 378 g/mol. The fourth-order valence-corrected chi connectivity index (χ4v) is 6.29. The number of aromatic nitrogens is 1. The number of phenols is 1. The lowest BCUT2D eigenvalue weighted by atomic mass is 10.0. The number of aryl methyl sites for hydroxylation is 1. The van der Waals surface area contributed by atoms with E-state index in [9.17, 15) is 5.11 Å². The number of rotatable bonds is 4. The fourth-order valence-electron chi connectivity index (χ4n) is 3.61. The van der Waals surface area contributed by atoms with E-state index in [1.807, 2.05) is 18.2 Å². The molecule has 0 spiro atoms. The minimum absolute atomic E-state index is 0.228. The van der Waals surface area contributed by atoms with Crippen molar-refractivity contribution in [3.8, 4) is 5.75 Å². The summed E-state index contributed by atoms with van der Waals surface area (Å²) in [6, 6.07) is 18.6. The third-order valence-corrected chi connectivity index (χ3v) is 12.6. The Balaban J connectivity index is 2.12. The molecule has 2 aromatic carbocycles. The molecule has 1 heterocycles. The van der Waals surface area contributed by atoms with Gasteiger partial charge in [0, 0.05) is 16.6 Å². The Labute approximate surface area is 164 Å². The number of aromatic hydroxyl groups is 1. The topological polar surface area (TPSA) is 33.1 Å². The second-order valence-electron chi connectivity index (χ2n) is 9.29. The molecule has 1 atom stereocenters. The van der Waals surface area contributed by atoms with Crippen LogP contribution in [-0.4, -0.2) is 18.2 Å². The van der Waals surface area contributed by atoms with Crippen molar-refractivity contribution in [3.63, 3.8) is 0 Å². The molecule has 3 rings (SSSR count). The van der Waals surface area contributed by atoms with Gasteiger partial charge in [-0.2, -0.15) is 0 Å². The Morgan fingerprint density at radius 1 is 1.00 bits per heavy atom. The lowest BCUT2D eigenvalue weighted by Gasteiger charge is -2.43. The van der Waals surface area contributed by atoms with Crippen LogP contribution in [0.15, 0.2) is 54.6 Å². The number of hydrogen-bond acceptors (Lipinski definition) is 2. The maximum Gasteiger partial charge on any atom is 0.118 e. The van der Waals surface area contributed by atoms with Crippen LogP contribution in [-0.2, 0) is 6.42 Å². The zero-order valence-electron chi connectivity index (χ0n) is 17.4. The molecular weight excluding hydrogens is 346 g/mol. The zero-order chi connectivity index (χ0) is 19.8. The Kier molecular flexibility index (Phi) is 5.17. The monoisotopic (exact) mass is 377 g/mol. The molecule has 1 unspecified atom stereocenters. The first kappa shape index (κ1) is 19.6. The van der Waals surface area contributed by atoms with Crippen LogP contribution < -0.4 is 0 Å². The zero-order valence-corrected chi connectivity index (χ0v) is 18.4. The van der Waals surface area contributed by atoms with Crippen LogP contribution in [0.5, 0.6) is 5.75 Å². The second-order valence-corrected chi connectivity index (χ2v) is 14.9. The van der Waals surface area contributed by atoms with Crippen molar-refractivity contribution in [3.05, 3.63) is 71.4 Å². The first-order valence-electron chi connectivity index (χ1n) is 9.74. The average Bonchev–Trinajstić information content (AvgIpc) is 2.59. The van der Waals surface area contributed by atoms with E-state index in [4.69, 9.17) is 4.98 Å². The van der Waals surface area contributed by atoms with E-state index in [2.05, 4.69) is 71.1 Å². The quantitative estimate of drug-likeness (QED) is 0.518. The van der Waals surface area contributed by atoms with Gasteiger partial charge in [-0.3, -0.25) is 4.98 Å². The third kappa shape index (κ3) is 3.93. The summed E-state index contributed by atoms with van der Waals surface area (Å²) >= 11 is 0. The maximum absolute atomic E-state index is 10.4. The van der Waals surface area contributed by atoms with Gasteiger partial charge < -0.3 is 5.11 Å². The van der Waals surface area contributed by atoms with Gasteiger partial charge in [0.1, 0.15) is 5.75 Å². The first-order chi connectivity index (χ1) is 12.6. The van der Waals surface area contributed by atoms with E-state index in [0.29, 0.717) is 11.3 Å². The smallest absolute Gasteiger partial charge is 0.118 e. The molecule has 1 N–H and O–H groups in total. The molecule has 3 heteroatoms. The van der Waals surface area contributed by atoms with Crippen molar-refractivity contribution < 1.29 is 5.11 Å². The summed E-state index contributed by atoms with van der Waals surface area (Å²) in [4.78, 5) is 5.08. The van der Waals surface area contributed by atoms with E-state index in [0.717, 1.165) is 23.2 Å². The molecule has 142 valence electrons. The summed E-state index contributed by atoms with van der Waals surface area (Å²) in [6.45, 7) is 14.1. The number of benzene rings is 2. The Morgan fingerprint density at radius 3 is 2.37 bits per heavy atom.